The average Bonchev–Trinajstić information content (AvgIpc) is 2.59. The number of hydrogen-bond donors (Lipinski definition) is 0. The Morgan fingerprint density at radius 3 is 2.36 bits per heavy atom. The number of halogens is 1. The third kappa shape index (κ3) is 3.47. The molecule has 28 heavy (non-hydrogen) atoms. The van der Waals surface area contributed by atoms with Gasteiger partial charge in [0.1, 0.15) is 23.2 Å². The van der Waals surface area contributed by atoms with Crippen molar-refractivity contribution in [3.63, 3.8) is 0 Å². The number of rotatable bonds is 2. The van der Waals surface area contributed by atoms with E-state index in [9.17, 15) is 14.4 Å². The van der Waals surface area contributed by atoms with Gasteiger partial charge in [0.25, 0.3) is 0 Å². The largest absolute Gasteiger partial charge is 0.496 e. The van der Waals surface area contributed by atoms with Crippen LogP contribution in [0.4, 0.5) is 4.79 Å². The van der Waals surface area contributed by atoms with E-state index in [2.05, 4.69) is 11.8 Å². The first-order valence-electron chi connectivity index (χ1n) is 9.03. The zero-order chi connectivity index (χ0) is 20.6. The van der Waals surface area contributed by atoms with Gasteiger partial charge in [-0.25, -0.2) is 4.79 Å². The van der Waals surface area contributed by atoms with E-state index >= 15 is 0 Å². The molecule has 1 saturated carbocycles. The van der Waals surface area contributed by atoms with Crippen LogP contribution >= 0.6 is 11.6 Å². The number of carbonyl (C=O) groups is 3. The maximum absolute atomic E-state index is 13.0. The summed E-state index contributed by atoms with van der Waals surface area (Å²) in [5.74, 6) is 4.80. The van der Waals surface area contributed by atoms with Gasteiger partial charge in [0.2, 0.25) is 0 Å². The number of likely N-dealkylation sites (tertiary alicyclic amines) is 1. The van der Waals surface area contributed by atoms with Crippen molar-refractivity contribution in [2.24, 2.45) is 5.41 Å². The minimum absolute atomic E-state index is 0.106. The molecule has 3 rings (SSSR count). The number of hydrogen-bond acceptors (Lipinski definition) is 4. The molecule has 7 heteroatoms. The Hall–Kier alpha value is -2.52. The quantitative estimate of drug-likeness (QED) is 0.563. The van der Waals surface area contributed by atoms with E-state index in [1.165, 1.54) is 12.0 Å². The SMILES string of the molecule is CC#Cc1cc(Cl)c(C2C(=O)CC3(CC2=O)CN(C(=O)N(C)C)C3)c(OC)c1. The van der Waals surface area contributed by atoms with E-state index in [1.807, 2.05) is 0 Å². The Kier molecular flexibility index (Phi) is 5.40. The molecule has 0 atom stereocenters. The van der Waals surface area contributed by atoms with Gasteiger partial charge >= 0.3 is 6.03 Å². The highest BCUT2D eigenvalue weighted by molar-refractivity contribution is 6.32. The van der Waals surface area contributed by atoms with Crippen LogP contribution in [0.3, 0.4) is 0 Å². The number of carbonyl (C=O) groups excluding carboxylic acids is 3. The Morgan fingerprint density at radius 2 is 1.86 bits per heavy atom. The van der Waals surface area contributed by atoms with Crippen molar-refractivity contribution in [3.05, 3.63) is 28.3 Å². The van der Waals surface area contributed by atoms with Crippen molar-refractivity contribution in [1.82, 2.24) is 9.80 Å². The monoisotopic (exact) mass is 402 g/mol. The highest BCUT2D eigenvalue weighted by Gasteiger charge is 2.54. The molecule has 0 N–H and O–H groups in total. The smallest absolute Gasteiger partial charge is 0.319 e. The van der Waals surface area contributed by atoms with Gasteiger partial charge in [0.05, 0.1) is 7.11 Å². The number of nitrogens with zero attached hydrogens (tertiary/aromatic N) is 2. The standard InChI is InChI=1S/C21H23ClN2O4/c1-5-6-13-7-14(22)18(17(8-13)28-4)19-15(25)9-21(10-16(19)26)11-24(12-21)20(27)23(2)3/h7-8,19H,9-12H2,1-4H3. The highest BCUT2D eigenvalue weighted by atomic mass is 35.5. The summed E-state index contributed by atoms with van der Waals surface area (Å²) in [5.41, 5.74) is 0.622. The molecule has 0 radical (unpaired) electrons. The van der Waals surface area contributed by atoms with Crippen LogP contribution in [0.5, 0.6) is 5.75 Å². The first-order valence-corrected chi connectivity index (χ1v) is 9.41. The molecular weight excluding hydrogens is 380 g/mol. The second kappa shape index (κ2) is 7.48. The van der Waals surface area contributed by atoms with Crippen molar-refractivity contribution in [1.29, 1.82) is 0 Å². The third-order valence-corrected chi connectivity index (χ3v) is 5.63. The summed E-state index contributed by atoms with van der Waals surface area (Å²) < 4.78 is 5.42. The summed E-state index contributed by atoms with van der Waals surface area (Å²) in [6.07, 6.45) is 0.493. The van der Waals surface area contributed by atoms with Crippen LogP contribution in [0.2, 0.25) is 5.02 Å². The van der Waals surface area contributed by atoms with Crippen LogP contribution in [0.25, 0.3) is 0 Å². The summed E-state index contributed by atoms with van der Waals surface area (Å²) in [5, 5.41) is 0.303. The molecule has 1 spiro atoms. The zero-order valence-electron chi connectivity index (χ0n) is 16.5. The summed E-state index contributed by atoms with van der Waals surface area (Å²) in [6, 6.07) is 3.25. The number of ether oxygens (including phenoxy) is 1. The van der Waals surface area contributed by atoms with E-state index in [0.717, 1.165) is 0 Å². The lowest BCUT2D eigenvalue weighted by atomic mass is 9.63. The van der Waals surface area contributed by atoms with Crippen molar-refractivity contribution in [3.8, 4) is 17.6 Å². The van der Waals surface area contributed by atoms with Crippen LogP contribution < -0.4 is 4.74 Å². The van der Waals surface area contributed by atoms with Crippen LogP contribution in [-0.4, -0.2) is 61.7 Å². The van der Waals surface area contributed by atoms with Crippen LogP contribution in [-0.2, 0) is 9.59 Å². The first-order chi connectivity index (χ1) is 13.2. The molecule has 6 nitrogen and oxygen atoms in total. The Morgan fingerprint density at radius 1 is 1.25 bits per heavy atom. The van der Waals surface area contributed by atoms with Gasteiger partial charge < -0.3 is 14.5 Å². The molecular formula is C21H23ClN2O4. The molecule has 0 bridgehead atoms. The van der Waals surface area contributed by atoms with E-state index < -0.39 is 11.3 Å². The molecule has 2 fully saturated rings. The van der Waals surface area contributed by atoms with E-state index in [1.54, 1.807) is 38.1 Å². The van der Waals surface area contributed by atoms with E-state index in [-0.39, 0.29) is 30.4 Å². The van der Waals surface area contributed by atoms with Crippen LogP contribution in [0, 0.1) is 17.3 Å². The summed E-state index contributed by atoms with van der Waals surface area (Å²) >= 11 is 6.42. The summed E-state index contributed by atoms with van der Waals surface area (Å²) in [7, 11) is 4.84. The fourth-order valence-corrected chi connectivity index (χ4v) is 4.49. The lowest BCUT2D eigenvalue weighted by Gasteiger charge is -2.52. The maximum atomic E-state index is 13.0. The molecule has 1 aromatic rings. The van der Waals surface area contributed by atoms with E-state index in [4.69, 9.17) is 16.3 Å². The predicted octanol–water partition coefficient (Wildman–Crippen LogP) is 2.72. The summed E-state index contributed by atoms with van der Waals surface area (Å²) in [4.78, 5) is 41.2. The van der Waals surface area contributed by atoms with Crippen LogP contribution in [0.15, 0.2) is 12.1 Å². The molecule has 1 heterocycles. The molecule has 2 amide bonds. The first kappa shape index (κ1) is 20.2. The van der Waals surface area contributed by atoms with E-state index in [0.29, 0.717) is 35.0 Å². The normalized spacial score (nSPS) is 18.4. The highest BCUT2D eigenvalue weighted by Crippen LogP contribution is 2.48. The fourth-order valence-electron chi connectivity index (χ4n) is 4.17. The van der Waals surface area contributed by atoms with Gasteiger partial charge in [0, 0.05) is 61.6 Å². The molecule has 1 saturated heterocycles. The molecule has 0 aromatic heterocycles. The van der Waals surface area contributed by atoms with Gasteiger partial charge in [-0.2, -0.15) is 0 Å². The Balaban J connectivity index is 1.85. The predicted molar refractivity (Wildman–Crippen MR) is 106 cm³/mol. The topological polar surface area (TPSA) is 66.9 Å². The number of benzene rings is 1. The van der Waals surface area contributed by atoms with Crippen molar-refractivity contribution in [2.75, 3.05) is 34.3 Å². The van der Waals surface area contributed by atoms with Gasteiger partial charge in [0.15, 0.2) is 0 Å². The Bertz CT molecular complexity index is 887. The second-order valence-electron chi connectivity index (χ2n) is 7.70. The van der Waals surface area contributed by atoms with Crippen molar-refractivity contribution in [2.45, 2.75) is 25.7 Å². The third-order valence-electron chi connectivity index (χ3n) is 5.32. The number of amides is 2. The average molecular weight is 403 g/mol. The molecule has 1 aromatic carbocycles. The van der Waals surface area contributed by atoms with Crippen molar-refractivity contribution < 1.29 is 19.1 Å². The lowest BCUT2D eigenvalue weighted by molar-refractivity contribution is -0.141. The van der Waals surface area contributed by atoms with Crippen molar-refractivity contribution >= 4 is 29.2 Å². The number of ketones is 2. The Labute approximate surface area is 169 Å². The molecule has 0 unspecified atom stereocenters. The van der Waals surface area contributed by atoms with Crippen LogP contribution in [0.1, 0.15) is 36.8 Å². The minimum Gasteiger partial charge on any atom is -0.496 e. The number of methoxy groups -OCH3 is 1. The minimum atomic E-state index is -0.935. The van der Waals surface area contributed by atoms with Gasteiger partial charge in [-0.15, -0.1) is 5.92 Å². The van der Waals surface area contributed by atoms with Gasteiger partial charge in [-0.05, 0) is 19.1 Å². The van der Waals surface area contributed by atoms with Gasteiger partial charge in [-0.1, -0.05) is 17.5 Å². The fraction of sp³-hybridized carbons (Fsp3) is 0.476. The summed E-state index contributed by atoms with van der Waals surface area (Å²) in [6.45, 7) is 2.55. The number of Topliss-reactive ketones (excluding diaryl/α,β-unsaturated/α-hetero) is 2. The zero-order valence-corrected chi connectivity index (χ0v) is 17.2. The molecule has 1 aliphatic carbocycles. The molecule has 2 aliphatic rings. The second-order valence-corrected chi connectivity index (χ2v) is 8.11. The maximum Gasteiger partial charge on any atom is 0.319 e. The van der Waals surface area contributed by atoms with Gasteiger partial charge in [-0.3, -0.25) is 9.59 Å². The number of urea groups is 1. The lowest BCUT2D eigenvalue weighted by Crippen LogP contribution is -2.63. The molecule has 1 aliphatic heterocycles. The molecule has 148 valence electrons.